The second-order valence-electron chi connectivity index (χ2n) is 3.54. The SMILES string of the molecule is CCO[C@H](C)C(=O)N[C@H](CC)c1ncc[nH]1. The first-order valence-corrected chi connectivity index (χ1v) is 5.60. The smallest absolute Gasteiger partial charge is 0.249 e. The third kappa shape index (κ3) is 3.34. The summed E-state index contributed by atoms with van der Waals surface area (Å²) in [6.07, 6.45) is 3.79. The Kier molecular flexibility index (Phi) is 4.98. The molecule has 2 N–H and O–H groups in total. The highest BCUT2D eigenvalue weighted by atomic mass is 16.5. The van der Waals surface area contributed by atoms with Crippen LogP contribution >= 0.6 is 0 Å². The molecule has 0 aliphatic carbocycles. The van der Waals surface area contributed by atoms with Crippen molar-refractivity contribution < 1.29 is 9.53 Å². The Bertz CT molecular complexity index is 311. The molecule has 16 heavy (non-hydrogen) atoms. The molecule has 1 amide bonds. The fourth-order valence-corrected chi connectivity index (χ4v) is 1.45. The van der Waals surface area contributed by atoms with Gasteiger partial charge in [0, 0.05) is 19.0 Å². The van der Waals surface area contributed by atoms with Gasteiger partial charge in [-0.15, -0.1) is 0 Å². The Morgan fingerprint density at radius 3 is 2.88 bits per heavy atom. The molecule has 0 fully saturated rings. The number of imidazole rings is 1. The Balaban J connectivity index is 2.54. The van der Waals surface area contributed by atoms with E-state index in [9.17, 15) is 4.79 Å². The second-order valence-corrected chi connectivity index (χ2v) is 3.54. The normalized spacial score (nSPS) is 14.4. The maximum absolute atomic E-state index is 11.7. The Morgan fingerprint density at radius 1 is 1.62 bits per heavy atom. The van der Waals surface area contributed by atoms with Crippen molar-refractivity contribution in [3.63, 3.8) is 0 Å². The van der Waals surface area contributed by atoms with Crippen molar-refractivity contribution in [2.24, 2.45) is 0 Å². The number of carbonyl (C=O) groups excluding carboxylic acids is 1. The van der Waals surface area contributed by atoms with Crippen molar-refractivity contribution in [1.29, 1.82) is 0 Å². The number of aromatic nitrogens is 2. The number of aromatic amines is 1. The number of rotatable bonds is 6. The highest BCUT2D eigenvalue weighted by Gasteiger charge is 2.19. The number of H-pyrrole nitrogens is 1. The third-order valence-corrected chi connectivity index (χ3v) is 2.36. The summed E-state index contributed by atoms with van der Waals surface area (Å²) in [6.45, 7) is 6.15. The summed E-state index contributed by atoms with van der Waals surface area (Å²) < 4.78 is 5.22. The standard InChI is InChI=1S/C11H19N3O2/c1-4-9(10-12-6-7-13-10)14-11(15)8(3)16-5-2/h6-9H,4-5H2,1-3H3,(H,12,13)(H,14,15)/t8-,9-/m1/s1. The number of nitrogens with zero attached hydrogens (tertiary/aromatic N) is 1. The third-order valence-electron chi connectivity index (χ3n) is 2.36. The molecule has 5 nitrogen and oxygen atoms in total. The van der Waals surface area contributed by atoms with Crippen LogP contribution in [0.3, 0.4) is 0 Å². The topological polar surface area (TPSA) is 67.0 Å². The van der Waals surface area contributed by atoms with Crippen molar-refractivity contribution >= 4 is 5.91 Å². The van der Waals surface area contributed by atoms with Crippen LogP contribution in [-0.4, -0.2) is 28.6 Å². The molecule has 0 aromatic carbocycles. The van der Waals surface area contributed by atoms with Crippen LogP contribution < -0.4 is 5.32 Å². The van der Waals surface area contributed by atoms with E-state index in [4.69, 9.17) is 4.74 Å². The van der Waals surface area contributed by atoms with Gasteiger partial charge in [-0.2, -0.15) is 0 Å². The van der Waals surface area contributed by atoms with Gasteiger partial charge in [0.05, 0.1) is 6.04 Å². The van der Waals surface area contributed by atoms with E-state index in [0.29, 0.717) is 6.61 Å². The van der Waals surface area contributed by atoms with E-state index in [-0.39, 0.29) is 11.9 Å². The predicted octanol–water partition coefficient (Wildman–Crippen LogP) is 1.40. The van der Waals surface area contributed by atoms with Crippen LogP contribution in [-0.2, 0) is 9.53 Å². The Hall–Kier alpha value is -1.36. The Morgan fingerprint density at radius 2 is 2.38 bits per heavy atom. The number of carbonyl (C=O) groups is 1. The first kappa shape index (κ1) is 12.7. The first-order valence-electron chi connectivity index (χ1n) is 5.60. The lowest BCUT2D eigenvalue weighted by Gasteiger charge is -2.18. The van der Waals surface area contributed by atoms with Crippen LogP contribution in [0.15, 0.2) is 12.4 Å². The molecule has 0 spiro atoms. The van der Waals surface area contributed by atoms with E-state index < -0.39 is 6.10 Å². The number of nitrogens with one attached hydrogen (secondary N) is 2. The van der Waals surface area contributed by atoms with E-state index in [1.807, 2.05) is 13.8 Å². The van der Waals surface area contributed by atoms with Gasteiger partial charge in [0.15, 0.2) is 0 Å². The minimum absolute atomic E-state index is 0.0783. The summed E-state index contributed by atoms with van der Waals surface area (Å²) in [5.41, 5.74) is 0. The van der Waals surface area contributed by atoms with Crippen LogP contribution in [0.4, 0.5) is 0 Å². The molecule has 1 aromatic rings. The van der Waals surface area contributed by atoms with Crippen molar-refractivity contribution in [1.82, 2.24) is 15.3 Å². The zero-order chi connectivity index (χ0) is 12.0. The lowest BCUT2D eigenvalue weighted by molar-refractivity contribution is -0.132. The molecular weight excluding hydrogens is 206 g/mol. The van der Waals surface area contributed by atoms with Gasteiger partial charge < -0.3 is 15.0 Å². The van der Waals surface area contributed by atoms with Crippen LogP contribution in [0.5, 0.6) is 0 Å². The molecule has 0 unspecified atom stereocenters. The van der Waals surface area contributed by atoms with Crippen molar-refractivity contribution in [2.75, 3.05) is 6.61 Å². The molecule has 1 rings (SSSR count). The highest BCUT2D eigenvalue weighted by molar-refractivity contribution is 5.80. The van der Waals surface area contributed by atoms with Gasteiger partial charge in [0.1, 0.15) is 11.9 Å². The molecule has 0 aliphatic rings. The van der Waals surface area contributed by atoms with Crippen molar-refractivity contribution in [3.8, 4) is 0 Å². The molecule has 1 aromatic heterocycles. The first-order chi connectivity index (χ1) is 7.69. The van der Waals surface area contributed by atoms with E-state index in [0.717, 1.165) is 12.2 Å². The fourth-order valence-electron chi connectivity index (χ4n) is 1.45. The summed E-state index contributed by atoms with van der Waals surface area (Å²) in [5, 5.41) is 2.90. The molecule has 0 saturated carbocycles. The quantitative estimate of drug-likeness (QED) is 0.769. The average molecular weight is 225 g/mol. The summed E-state index contributed by atoms with van der Waals surface area (Å²) >= 11 is 0. The second kappa shape index (κ2) is 6.27. The van der Waals surface area contributed by atoms with Crippen LogP contribution in [0.2, 0.25) is 0 Å². The molecule has 0 aliphatic heterocycles. The molecule has 90 valence electrons. The summed E-state index contributed by atoms with van der Waals surface area (Å²) in [6, 6.07) is -0.0783. The largest absolute Gasteiger partial charge is 0.369 e. The van der Waals surface area contributed by atoms with Crippen molar-refractivity contribution in [2.45, 2.75) is 39.3 Å². The predicted molar refractivity (Wildman–Crippen MR) is 60.9 cm³/mol. The van der Waals surface area contributed by atoms with Crippen LogP contribution in [0, 0.1) is 0 Å². The van der Waals surface area contributed by atoms with Gasteiger partial charge in [0.25, 0.3) is 0 Å². The maximum atomic E-state index is 11.7. The van der Waals surface area contributed by atoms with Crippen LogP contribution in [0.25, 0.3) is 0 Å². The van der Waals surface area contributed by atoms with Gasteiger partial charge in [0.2, 0.25) is 5.91 Å². The van der Waals surface area contributed by atoms with E-state index in [2.05, 4.69) is 15.3 Å². The summed E-state index contributed by atoms with van der Waals surface area (Å²) in [5.74, 6) is 0.671. The number of hydrogen-bond acceptors (Lipinski definition) is 3. The van der Waals surface area contributed by atoms with Gasteiger partial charge in [-0.3, -0.25) is 4.79 Å². The zero-order valence-corrected chi connectivity index (χ0v) is 9.99. The fraction of sp³-hybridized carbons (Fsp3) is 0.636. The van der Waals surface area contributed by atoms with Crippen molar-refractivity contribution in [3.05, 3.63) is 18.2 Å². The van der Waals surface area contributed by atoms with E-state index in [1.54, 1.807) is 19.3 Å². The number of hydrogen-bond donors (Lipinski definition) is 2. The lowest BCUT2D eigenvalue weighted by Crippen LogP contribution is -2.37. The van der Waals surface area contributed by atoms with Gasteiger partial charge in [-0.25, -0.2) is 4.98 Å². The molecule has 0 radical (unpaired) electrons. The molecular formula is C11H19N3O2. The maximum Gasteiger partial charge on any atom is 0.249 e. The lowest BCUT2D eigenvalue weighted by atomic mass is 10.2. The Labute approximate surface area is 95.6 Å². The number of amides is 1. The summed E-state index contributed by atoms with van der Waals surface area (Å²) in [7, 11) is 0. The molecule has 2 atom stereocenters. The zero-order valence-electron chi connectivity index (χ0n) is 9.99. The minimum Gasteiger partial charge on any atom is -0.369 e. The molecule has 0 bridgehead atoms. The minimum atomic E-state index is -0.422. The van der Waals surface area contributed by atoms with Crippen LogP contribution in [0.1, 0.15) is 39.1 Å². The van der Waals surface area contributed by atoms with Gasteiger partial charge >= 0.3 is 0 Å². The van der Waals surface area contributed by atoms with Gasteiger partial charge in [-0.1, -0.05) is 6.92 Å². The van der Waals surface area contributed by atoms with E-state index >= 15 is 0 Å². The highest BCUT2D eigenvalue weighted by Crippen LogP contribution is 2.11. The summed E-state index contributed by atoms with van der Waals surface area (Å²) in [4.78, 5) is 18.9. The van der Waals surface area contributed by atoms with E-state index in [1.165, 1.54) is 0 Å². The molecule has 5 heteroatoms. The van der Waals surface area contributed by atoms with Gasteiger partial charge in [-0.05, 0) is 20.3 Å². The number of ether oxygens (including phenoxy) is 1. The average Bonchev–Trinajstić information content (AvgIpc) is 2.79. The monoisotopic (exact) mass is 225 g/mol. The molecule has 1 heterocycles. The molecule has 0 saturated heterocycles.